The molecule has 0 aromatic heterocycles. The minimum Gasteiger partial charge on any atom is -0.379 e. The molecule has 1 rings (SSSR count). The second kappa shape index (κ2) is 5.78. The van der Waals surface area contributed by atoms with E-state index < -0.39 is 10.7 Å². The number of nitrogens with zero attached hydrogens (tertiary/aromatic N) is 1. The fourth-order valence-electron chi connectivity index (χ4n) is 1.24. The lowest BCUT2D eigenvalue weighted by molar-refractivity contribution is -0.384. The summed E-state index contributed by atoms with van der Waals surface area (Å²) in [6.45, 7) is 0.242. The lowest BCUT2D eigenvalue weighted by Gasteiger charge is -2.06. The summed E-state index contributed by atoms with van der Waals surface area (Å²) in [5.41, 5.74) is -0.151. The largest absolute Gasteiger partial charge is 0.379 e. The zero-order valence-electron chi connectivity index (χ0n) is 9.20. The van der Waals surface area contributed by atoms with Gasteiger partial charge in [0, 0.05) is 20.0 Å². The van der Waals surface area contributed by atoms with E-state index in [-0.39, 0.29) is 30.2 Å². The normalized spacial score (nSPS) is 9.76. The van der Waals surface area contributed by atoms with Gasteiger partial charge in [0.05, 0.1) is 11.0 Å². The molecule has 2 N–H and O–H groups in total. The van der Waals surface area contributed by atoms with Crippen LogP contribution in [-0.2, 0) is 4.79 Å². The van der Waals surface area contributed by atoms with Crippen molar-refractivity contribution in [3.05, 3.63) is 34.1 Å². The van der Waals surface area contributed by atoms with Crippen molar-refractivity contribution in [2.24, 2.45) is 0 Å². The number of nitro benzene ring substituents is 1. The average molecular weight is 241 g/mol. The summed E-state index contributed by atoms with van der Waals surface area (Å²) in [7, 11) is 1.50. The van der Waals surface area contributed by atoms with Crippen molar-refractivity contribution in [2.45, 2.75) is 6.42 Å². The van der Waals surface area contributed by atoms with Gasteiger partial charge in [-0.25, -0.2) is 4.39 Å². The molecule has 92 valence electrons. The van der Waals surface area contributed by atoms with Gasteiger partial charge in [-0.15, -0.1) is 0 Å². The first-order chi connectivity index (χ1) is 8.04. The molecule has 0 atom stereocenters. The number of nitrogens with one attached hydrogen (secondary N) is 2. The molecule has 0 aliphatic carbocycles. The van der Waals surface area contributed by atoms with E-state index in [1.807, 2.05) is 0 Å². The molecular formula is C10H12FN3O3. The van der Waals surface area contributed by atoms with E-state index >= 15 is 0 Å². The standard InChI is InChI=1S/C10H12FN3O3/c1-12-10(15)4-5-13-8-3-2-7(11)6-9(8)14(16)17/h2-3,6,13H,4-5H2,1H3,(H,12,15). The number of carbonyl (C=O) groups excluding carboxylic acids is 1. The molecular weight excluding hydrogens is 229 g/mol. The molecule has 0 aliphatic rings. The number of hydrogen-bond acceptors (Lipinski definition) is 4. The van der Waals surface area contributed by atoms with E-state index in [4.69, 9.17) is 0 Å². The van der Waals surface area contributed by atoms with Crippen molar-refractivity contribution in [3.8, 4) is 0 Å². The second-order valence-corrected chi connectivity index (χ2v) is 3.27. The Bertz CT molecular complexity index is 437. The number of halogens is 1. The van der Waals surface area contributed by atoms with Crippen LogP contribution in [0.3, 0.4) is 0 Å². The third kappa shape index (κ3) is 3.71. The SMILES string of the molecule is CNC(=O)CCNc1ccc(F)cc1[N+](=O)[O-]. The van der Waals surface area contributed by atoms with Crippen LogP contribution in [0, 0.1) is 15.9 Å². The third-order valence-corrected chi connectivity index (χ3v) is 2.10. The molecule has 0 radical (unpaired) electrons. The summed E-state index contributed by atoms with van der Waals surface area (Å²) in [5, 5.41) is 15.8. The molecule has 17 heavy (non-hydrogen) atoms. The molecule has 6 nitrogen and oxygen atoms in total. The Hall–Kier alpha value is -2.18. The number of benzene rings is 1. The van der Waals surface area contributed by atoms with Crippen LogP contribution in [0.25, 0.3) is 0 Å². The second-order valence-electron chi connectivity index (χ2n) is 3.27. The number of hydrogen-bond donors (Lipinski definition) is 2. The quantitative estimate of drug-likeness (QED) is 0.600. The molecule has 1 aromatic rings. The zero-order chi connectivity index (χ0) is 12.8. The van der Waals surface area contributed by atoms with Gasteiger partial charge in [-0.3, -0.25) is 14.9 Å². The van der Waals surface area contributed by atoms with E-state index in [2.05, 4.69) is 10.6 Å². The number of carbonyl (C=O) groups is 1. The van der Waals surface area contributed by atoms with E-state index in [1.54, 1.807) is 0 Å². The Balaban J connectivity index is 2.70. The summed E-state index contributed by atoms with van der Waals surface area (Å²) < 4.78 is 12.8. The van der Waals surface area contributed by atoms with E-state index in [0.29, 0.717) is 0 Å². The molecule has 0 bridgehead atoms. The molecule has 0 fully saturated rings. The van der Waals surface area contributed by atoms with Gasteiger partial charge in [-0.2, -0.15) is 0 Å². The fraction of sp³-hybridized carbons (Fsp3) is 0.300. The molecule has 0 unspecified atom stereocenters. The Morgan fingerprint density at radius 1 is 1.53 bits per heavy atom. The van der Waals surface area contributed by atoms with Crippen molar-refractivity contribution in [2.75, 3.05) is 18.9 Å². The maximum atomic E-state index is 12.8. The number of nitro groups is 1. The van der Waals surface area contributed by atoms with Crippen LogP contribution in [0.15, 0.2) is 18.2 Å². The fourth-order valence-corrected chi connectivity index (χ4v) is 1.24. The molecule has 1 aromatic carbocycles. The maximum absolute atomic E-state index is 12.8. The van der Waals surface area contributed by atoms with Gasteiger partial charge in [0.2, 0.25) is 5.91 Å². The highest BCUT2D eigenvalue weighted by Crippen LogP contribution is 2.24. The highest BCUT2D eigenvalue weighted by molar-refractivity contribution is 5.76. The maximum Gasteiger partial charge on any atom is 0.295 e. The monoisotopic (exact) mass is 241 g/mol. The number of rotatable bonds is 5. The summed E-state index contributed by atoms with van der Waals surface area (Å²) in [6.07, 6.45) is 0.186. The van der Waals surface area contributed by atoms with Crippen LogP contribution in [0.1, 0.15) is 6.42 Å². The summed E-state index contributed by atoms with van der Waals surface area (Å²) in [4.78, 5) is 20.9. The highest BCUT2D eigenvalue weighted by atomic mass is 19.1. The first kappa shape index (κ1) is 12.9. The molecule has 0 saturated carbocycles. The minimum atomic E-state index is -0.675. The molecule has 0 spiro atoms. The van der Waals surface area contributed by atoms with Crippen LogP contribution in [0.2, 0.25) is 0 Å². The van der Waals surface area contributed by atoms with Crippen LogP contribution in [-0.4, -0.2) is 24.4 Å². The summed E-state index contributed by atoms with van der Waals surface area (Å²) in [5.74, 6) is -0.851. The Labute approximate surface area is 97.0 Å². The Kier molecular flexibility index (Phi) is 4.38. The number of anilines is 1. The van der Waals surface area contributed by atoms with Crippen molar-refractivity contribution < 1.29 is 14.1 Å². The van der Waals surface area contributed by atoms with Crippen molar-refractivity contribution >= 4 is 17.3 Å². The first-order valence-electron chi connectivity index (χ1n) is 4.93. The Morgan fingerprint density at radius 2 is 2.24 bits per heavy atom. The zero-order valence-corrected chi connectivity index (χ0v) is 9.20. The molecule has 0 aliphatic heterocycles. The van der Waals surface area contributed by atoms with Gasteiger partial charge < -0.3 is 10.6 Å². The third-order valence-electron chi connectivity index (χ3n) is 2.10. The van der Waals surface area contributed by atoms with E-state index in [9.17, 15) is 19.3 Å². The van der Waals surface area contributed by atoms with Crippen LogP contribution in [0.5, 0.6) is 0 Å². The molecule has 0 heterocycles. The van der Waals surface area contributed by atoms with Gasteiger partial charge in [0.15, 0.2) is 0 Å². The lowest BCUT2D eigenvalue weighted by atomic mass is 10.2. The smallest absolute Gasteiger partial charge is 0.295 e. The van der Waals surface area contributed by atoms with Gasteiger partial charge in [-0.05, 0) is 12.1 Å². The van der Waals surface area contributed by atoms with Crippen LogP contribution in [0.4, 0.5) is 15.8 Å². The van der Waals surface area contributed by atoms with Crippen molar-refractivity contribution in [1.29, 1.82) is 0 Å². The van der Waals surface area contributed by atoms with Crippen molar-refractivity contribution in [3.63, 3.8) is 0 Å². The molecule has 0 saturated heterocycles. The van der Waals surface area contributed by atoms with E-state index in [0.717, 1.165) is 12.1 Å². The predicted octanol–water partition coefficient (Wildman–Crippen LogP) is 1.28. The average Bonchev–Trinajstić information content (AvgIpc) is 2.30. The molecule has 7 heteroatoms. The van der Waals surface area contributed by atoms with Crippen LogP contribution >= 0.6 is 0 Å². The van der Waals surface area contributed by atoms with E-state index in [1.165, 1.54) is 13.1 Å². The van der Waals surface area contributed by atoms with Gasteiger partial charge in [0.25, 0.3) is 5.69 Å². The first-order valence-corrected chi connectivity index (χ1v) is 4.93. The summed E-state index contributed by atoms with van der Waals surface area (Å²) in [6, 6.07) is 3.23. The predicted molar refractivity (Wildman–Crippen MR) is 60.2 cm³/mol. The Morgan fingerprint density at radius 3 is 2.82 bits per heavy atom. The van der Waals surface area contributed by atoms with Gasteiger partial charge >= 0.3 is 0 Å². The van der Waals surface area contributed by atoms with Gasteiger partial charge in [-0.1, -0.05) is 0 Å². The topological polar surface area (TPSA) is 84.3 Å². The number of amides is 1. The summed E-state index contributed by atoms with van der Waals surface area (Å²) >= 11 is 0. The van der Waals surface area contributed by atoms with Crippen molar-refractivity contribution in [1.82, 2.24) is 5.32 Å². The van der Waals surface area contributed by atoms with Crippen LogP contribution < -0.4 is 10.6 Å². The highest BCUT2D eigenvalue weighted by Gasteiger charge is 2.14. The van der Waals surface area contributed by atoms with Gasteiger partial charge in [0.1, 0.15) is 11.5 Å². The molecule has 1 amide bonds. The minimum absolute atomic E-state index is 0.178. The lowest BCUT2D eigenvalue weighted by Crippen LogP contribution is -2.21.